The number of rotatable bonds is 3. The lowest BCUT2D eigenvalue weighted by atomic mass is 10.1. The molecule has 1 atom stereocenters. The molecule has 1 rings (SSSR count). The summed E-state index contributed by atoms with van der Waals surface area (Å²) in [7, 11) is 0. The average molecular weight is 246 g/mol. The summed E-state index contributed by atoms with van der Waals surface area (Å²) in [4.78, 5) is 9.74. The third kappa shape index (κ3) is 3.87. The van der Waals surface area contributed by atoms with Crippen LogP contribution in [0.15, 0.2) is 30.3 Å². The molecule has 0 heterocycles. The maximum atomic E-state index is 12.1. The van der Waals surface area contributed by atoms with Crippen molar-refractivity contribution in [3.8, 4) is 0 Å². The predicted molar refractivity (Wildman–Crippen MR) is 56.2 cm³/mol. The first-order valence-corrected chi connectivity index (χ1v) is 4.55. The zero-order valence-corrected chi connectivity index (χ0v) is 8.52. The van der Waals surface area contributed by atoms with Gasteiger partial charge in [0, 0.05) is 12.1 Å². The fraction of sp³-hybridized carbons (Fsp3) is 0.200. The van der Waals surface area contributed by atoms with Gasteiger partial charge in [-0.05, 0) is 17.7 Å². The Morgan fingerprint density at radius 2 is 1.82 bits per heavy atom. The second-order valence-electron chi connectivity index (χ2n) is 3.28. The van der Waals surface area contributed by atoms with Crippen LogP contribution in [0.2, 0.25) is 0 Å². The van der Waals surface area contributed by atoms with Crippen molar-refractivity contribution >= 4 is 11.8 Å². The van der Waals surface area contributed by atoms with Crippen molar-refractivity contribution in [3.63, 3.8) is 0 Å². The topological polar surface area (TPSA) is 69.2 Å². The molecule has 4 nitrogen and oxygen atoms in total. The number of alkyl halides is 3. The van der Waals surface area contributed by atoms with Crippen LogP contribution < -0.4 is 5.73 Å². The summed E-state index contributed by atoms with van der Waals surface area (Å²) in [5.74, 6) is 0. The van der Waals surface area contributed by atoms with E-state index in [0.29, 0.717) is 5.56 Å². The highest BCUT2D eigenvalue weighted by Crippen LogP contribution is 2.20. The number of nitrogens with zero attached hydrogens (tertiary/aromatic N) is 1. The SMILES string of the molecule is N[C@@H](C=Cc1ccc([N+](=O)[O-])cc1)C(F)(F)F. The number of benzene rings is 1. The minimum atomic E-state index is -4.49. The molecule has 0 aliphatic heterocycles. The standard InChI is InChI=1S/C10H9F3N2O2/c11-10(12,13)9(14)6-3-7-1-4-8(5-2-7)15(16)17/h1-6,9H,14H2/t9-/m0/s1. The number of nitro benzene ring substituents is 1. The van der Waals surface area contributed by atoms with Crippen LogP contribution >= 0.6 is 0 Å². The number of non-ortho nitro benzene ring substituents is 1. The fourth-order valence-electron chi connectivity index (χ4n) is 1.03. The maximum absolute atomic E-state index is 12.1. The molecule has 2 N–H and O–H groups in total. The Balaban J connectivity index is 2.76. The Morgan fingerprint density at radius 1 is 1.29 bits per heavy atom. The Labute approximate surface area is 94.7 Å². The van der Waals surface area contributed by atoms with E-state index >= 15 is 0 Å². The smallest absolute Gasteiger partial charge is 0.317 e. The van der Waals surface area contributed by atoms with Crippen LogP contribution in [0.25, 0.3) is 6.08 Å². The largest absolute Gasteiger partial charge is 0.407 e. The Morgan fingerprint density at radius 3 is 2.24 bits per heavy atom. The van der Waals surface area contributed by atoms with Gasteiger partial charge in [-0.3, -0.25) is 10.1 Å². The Hall–Kier alpha value is -1.89. The molecule has 7 heteroatoms. The molecule has 1 aromatic carbocycles. The van der Waals surface area contributed by atoms with Gasteiger partial charge in [0.05, 0.1) is 4.92 Å². The van der Waals surface area contributed by atoms with Gasteiger partial charge in [0.25, 0.3) is 5.69 Å². The van der Waals surface area contributed by atoms with Crippen LogP contribution in [-0.4, -0.2) is 17.1 Å². The Bertz CT molecular complexity index is 426. The molecule has 0 amide bonds. The summed E-state index contributed by atoms with van der Waals surface area (Å²) >= 11 is 0. The molecule has 17 heavy (non-hydrogen) atoms. The summed E-state index contributed by atoms with van der Waals surface area (Å²) in [6, 6.07) is 3.06. The van der Waals surface area contributed by atoms with Crippen LogP contribution in [0.4, 0.5) is 18.9 Å². The zero-order valence-electron chi connectivity index (χ0n) is 8.52. The van der Waals surface area contributed by atoms with Gasteiger partial charge in [0.1, 0.15) is 6.04 Å². The third-order valence-electron chi connectivity index (χ3n) is 1.98. The normalized spacial score (nSPS) is 13.9. The molecule has 0 radical (unpaired) electrons. The molecule has 1 aromatic rings. The van der Waals surface area contributed by atoms with Crippen LogP contribution in [-0.2, 0) is 0 Å². The minimum Gasteiger partial charge on any atom is -0.317 e. The molecular formula is C10H9F3N2O2. The molecule has 92 valence electrons. The lowest BCUT2D eigenvalue weighted by Crippen LogP contribution is -2.35. The van der Waals surface area contributed by atoms with E-state index in [-0.39, 0.29) is 5.69 Å². The lowest BCUT2D eigenvalue weighted by molar-refractivity contribution is -0.384. The van der Waals surface area contributed by atoms with Gasteiger partial charge >= 0.3 is 6.18 Å². The lowest BCUT2D eigenvalue weighted by Gasteiger charge is -2.10. The summed E-state index contributed by atoms with van der Waals surface area (Å²) < 4.78 is 36.2. The van der Waals surface area contributed by atoms with E-state index in [0.717, 1.165) is 6.08 Å². The van der Waals surface area contributed by atoms with E-state index in [1.54, 1.807) is 0 Å². The van der Waals surface area contributed by atoms with Crippen LogP contribution in [0.5, 0.6) is 0 Å². The predicted octanol–water partition coefficient (Wildman–Crippen LogP) is 2.50. The van der Waals surface area contributed by atoms with Gasteiger partial charge in [-0.2, -0.15) is 13.2 Å². The first kappa shape index (κ1) is 13.2. The van der Waals surface area contributed by atoms with Gasteiger partial charge in [-0.15, -0.1) is 0 Å². The monoisotopic (exact) mass is 246 g/mol. The molecule has 0 aromatic heterocycles. The average Bonchev–Trinajstić information content (AvgIpc) is 2.25. The van der Waals surface area contributed by atoms with Crippen molar-refractivity contribution < 1.29 is 18.1 Å². The van der Waals surface area contributed by atoms with Crippen LogP contribution in [0, 0.1) is 10.1 Å². The number of nitro groups is 1. The first-order valence-electron chi connectivity index (χ1n) is 4.55. The molecule has 0 unspecified atom stereocenters. The summed E-state index contributed by atoms with van der Waals surface area (Å²) in [5, 5.41) is 10.3. The number of hydrogen-bond donors (Lipinski definition) is 1. The van der Waals surface area contributed by atoms with E-state index in [9.17, 15) is 23.3 Å². The van der Waals surface area contributed by atoms with E-state index in [1.807, 2.05) is 0 Å². The van der Waals surface area contributed by atoms with Crippen LogP contribution in [0.1, 0.15) is 5.56 Å². The molecule has 0 bridgehead atoms. The van der Waals surface area contributed by atoms with Gasteiger partial charge in [-0.25, -0.2) is 0 Å². The van der Waals surface area contributed by atoms with Crippen molar-refractivity contribution in [3.05, 3.63) is 46.0 Å². The van der Waals surface area contributed by atoms with Crippen molar-refractivity contribution in [1.82, 2.24) is 0 Å². The van der Waals surface area contributed by atoms with Gasteiger partial charge < -0.3 is 5.73 Å². The minimum absolute atomic E-state index is 0.123. The summed E-state index contributed by atoms with van der Waals surface area (Å²) in [6.07, 6.45) is -2.53. The van der Waals surface area contributed by atoms with Crippen molar-refractivity contribution in [2.45, 2.75) is 12.2 Å². The molecule has 0 spiro atoms. The zero-order chi connectivity index (χ0) is 13.1. The first-order chi connectivity index (χ1) is 7.80. The number of hydrogen-bond acceptors (Lipinski definition) is 3. The molecular weight excluding hydrogens is 237 g/mol. The summed E-state index contributed by atoms with van der Waals surface area (Å²) in [5.41, 5.74) is 5.15. The highest BCUT2D eigenvalue weighted by Gasteiger charge is 2.34. The van der Waals surface area contributed by atoms with E-state index in [1.165, 1.54) is 30.3 Å². The van der Waals surface area contributed by atoms with Gasteiger partial charge in [0.15, 0.2) is 0 Å². The molecule has 0 fully saturated rings. The number of halogens is 3. The Kier molecular flexibility index (Phi) is 3.84. The molecule has 0 saturated heterocycles. The van der Waals surface area contributed by atoms with Gasteiger partial charge in [0.2, 0.25) is 0 Å². The summed E-state index contributed by atoms with van der Waals surface area (Å²) in [6.45, 7) is 0. The molecule has 0 aliphatic rings. The third-order valence-corrected chi connectivity index (χ3v) is 1.98. The van der Waals surface area contributed by atoms with Crippen molar-refractivity contribution in [2.24, 2.45) is 5.73 Å². The van der Waals surface area contributed by atoms with Crippen LogP contribution in [0.3, 0.4) is 0 Å². The second kappa shape index (κ2) is 4.96. The van der Waals surface area contributed by atoms with E-state index in [4.69, 9.17) is 5.73 Å². The second-order valence-corrected chi connectivity index (χ2v) is 3.28. The van der Waals surface area contributed by atoms with Crippen molar-refractivity contribution in [1.29, 1.82) is 0 Å². The number of nitrogens with two attached hydrogens (primary N) is 1. The van der Waals surface area contributed by atoms with E-state index < -0.39 is 17.1 Å². The maximum Gasteiger partial charge on any atom is 0.407 e. The van der Waals surface area contributed by atoms with E-state index in [2.05, 4.69) is 0 Å². The highest BCUT2D eigenvalue weighted by molar-refractivity contribution is 5.52. The van der Waals surface area contributed by atoms with Crippen molar-refractivity contribution in [2.75, 3.05) is 0 Å². The fourth-order valence-corrected chi connectivity index (χ4v) is 1.03. The van der Waals surface area contributed by atoms with Gasteiger partial charge in [-0.1, -0.05) is 12.2 Å². The molecule has 0 aliphatic carbocycles. The molecule has 0 saturated carbocycles. The highest BCUT2D eigenvalue weighted by atomic mass is 19.4. The quantitative estimate of drug-likeness (QED) is 0.658.